The molecule has 1 heterocycles. The van der Waals surface area contributed by atoms with Gasteiger partial charge >= 0.3 is 5.97 Å². The second kappa shape index (κ2) is 8.45. The molecule has 2 aromatic rings. The molecule has 1 fully saturated rings. The lowest BCUT2D eigenvalue weighted by atomic mass is 10.2. The molecule has 5 nitrogen and oxygen atoms in total. The summed E-state index contributed by atoms with van der Waals surface area (Å²) in [6.45, 7) is 1.48. The van der Waals surface area contributed by atoms with Crippen LogP contribution in [0.25, 0.3) is 6.08 Å². The molecule has 0 bridgehead atoms. The van der Waals surface area contributed by atoms with E-state index < -0.39 is 23.2 Å². The van der Waals surface area contributed by atoms with Gasteiger partial charge in [0.25, 0.3) is 11.1 Å². The Bertz CT molecular complexity index is 911. The van der Waals surface area contributed by atoms with E-state index in [1.165, 1.54) is 14.0 Å². The Morgan fingerprint density at radius 1 is 1.11 bits per heavy atom. The number of carbonyl (C=O) groups is 3. The number of methoxy groups -OCH3 is 1. The summed E-state index contributed by atoms with van der Waals surface area (Å²) in [6.07, 6.45) is 1.69. The van der Waals surface area contributed by atoms with Crippen molar-refractivity contribution in [2.24, 2.45) is 0 Å². The van der Waals surface area contributed by atoms with Gasteiger partial charge in [0.1, 0.15) is 6.04 Å². The topological polar surface area (TPSA) is 63.7 Å². The number of esters is 1. The van der Waals surface area contributed by atoms with Crippen LogP contribution in [0.1, 0.15) is 12.5 Å². The highest BCUT2D eigenvalue weighted by molar-refractivity contribution is 8.18. The van der Waals surface area contributed by atoms with Crippen molar-refractivity contribution in [2.45, 2.75) is 22.8 Å². The minimum atomic E-state index is -0.956. The Hall–Kier alpha value is -2.51. The predicted octanol–water partition coefficient (Wildman–Crippen LogP) is 4.44. The second-order valence-electron chi connectivity index (χ2n) is 5.70. The molecule has 0 saturated carbocycles. The smallest absolute Gasteiger partial charge is 0.328 e. The third-order valence-corrected chi connectivity index (χ3v) is 5.91. The first-order valence-corrected chi connectivity index (χ1v) is 9.81. The molecule has 1 aliphatic heterocycles. The van der Waals surface area contributed by atoms with Crippen LogP contribution in [-0.2, 0) is 14.3 Å². The van der Waals surface area contributed by atoms with E-state index in [4.69, 9.17) is 0 Å². The van der Waals surface area contributed by atoms with E-state index in [1.807, 2.05) is 54.6 Å². The molecular weight excluding hydrogens is 382 g/mol. The van der Waals surface area contributed by atoms with Crippen molar-refractivity contribution in [1.82, 2.24) is 4.90 Å². The van der Waals surface area contributed by atoms with Gasteiger partial charge in [-0.25, -0.2) is 4.79 Å². The fraction of sp³-hybridized carbons (Fsp3) is 0.150. The number of thioether (sulfide) groups is 1. The van der Waals surface area contributed by atoms with Crippen LogP contribution < -0.4 is 0 Å². The fourth-order valence-corrected chi connectivity index (χ4v) is 4.38. The van der Waals surface area contributed by atoms with Crippen molar-refractivity contribution in [3.8, 4) is 0 Å². The molecule has 1 atom stereocenters. The minimum absolute atomic E-state index is 0.289. The average molecular weight is 399 g/mol. The monoisotopic (exact) mass is 399 g/mol. The van der Waals surface area contributed by atoms with Crippen molar-refractivity contribution in [1.29, 1.82) is 0 Å². The van der Waals surface area contributed by atoms with Gasteiger partial charge in [-0.2, -0.15) is 0 Å². The van der Waals surface area contributed by atoms with E-state index >= 15 is 0 Å². The summed E-state index contributed by atoms with van der Waals surface area (Å²) in [5.74, 6) is -1.11. The van der Waals surface area contributed by atoms with Gasteiger partial charge in [0.05, 0.1) is 12.0 Å². The SMILES string of the molecule is COC(=O)[C@H](C)N1C(=O)S/C(=C/c2ccccc2Sc2ccccc2)C1=O. The molecule has 0 spiro atoms. The maximum absolute atomic E-state index is 12.7. The molecule has 1 aliphatic rings. The van der Waals surface area contributed by atoms with E-state index in [9.17, 15) is 14.4 Å². The summed E-state index contributed by atoms with van der Waals surface area (Å²) in [7, 11) is 1.23. The average Bonchev–Trinajstić information content (AvgIpc) is 2.96. The molecule has 0 aliphatic carbocycles. The minimum Gasteiger partial charge on any atom is -0.467 e. The molecule has 0 radical (unpaired) electrons. The lowest BCUT2D eigenvalue weighted by molar-refractivity contribution is -0.148. The summed E-state index contributed by atoms with van der Waals surface area (Å²) >= 11 is 2.41. The van der Waals surface area contributed by atoms with E-state index in [2.05, 4.69) is 4.74 Å². The van der Waals surface area contributed by atoms with Crippen LogP contribution in [-0.4, -0.2) is 35.2 Å². The zero-order chi connectivity index (χ0) is 19.4. The first-order valence-electron chi connectivity index (χ1n) is 8.18. The third kappa shape index (κ3) is 4.26. The van der Waals surface area contributed by atoms with E-state index in [0.717, 1.165) is 32.0 Å². The number of hydrogen-bond donors (Lipinski definition) is 0. The summed E-state index contributed by atoms with van der Waals surface area (Å²) in [5.41, 5.74) is 0.836. The normalized spacial score (nSPS) is 16.7. The van der Waals surface area contributed by atoms with Gasteiger partial charge in [0, 0.05) is 9.79 Å². The first-order chi connectivity index (χ1) is 13.0. The molecule has 3 rings (SSSR count). The highest BCUT2D eigenvalue weighted by atomic mass is 32.2. The van der Waals surface area contributed by atoms with Crippen molar-refractivity contribution < 1.29 is 19.1 Å². The zero-order valence-corrected chi connectivity index (χ0v) is 16.4. The number of ether oxygens (including phenoxy) is 1. The van der Waals surface area contributed by atoms with Crippen LogP contribution in [0.2, 0.25) is 0 Å². The van der Waals surface area contributed by atoms with Gasteiger partial charge < -0.3 is 4.74 Å². The summed E-state index contributed by atoms with van der Waals surface area (Å²) in [5, 5.41) is -0.475. The van der Waals surface area contributed by atoms with Gasteiger partial charge in [0.15, 0.2) is 0 Å². The summed E-state index contributed by atoms with van der Waals surface area (Å²) in [4.78, 5) is 39.9. The molecule has 2 aromatic carbocycles. The van der Waals surface area contributed by atoms with Gasteiger partial charge in [-0.3, -0.25) is 14.5 Å². The number of rotatable bonds is 5. The van der Waals surface area contributed by atoms with Crippen LogP contribution in [0.5, 0.6) is 0 Å². The third-order valence-electron chi connectivity index (χ3n) is 3.93. The highest BCUT2D eigenvalue weighted by Crippen LogP contribution is 2.37. The van der Waals surface area contributed by atoms with Gasteiger partial charge in [0.2, 0.25) is 0 Å². The number of amides is 2. The van der Waals surface area contributed by atoms with E-state index in [1.54, 1.807) is 17.8 Å². The Morgan fingerprint density at radius 3 is 2.48 bits per heavy atom. The van der Waals surface area contributed by atoms with Crippen molar-refractivity contribution in [2.75, 3.05) is 7.11 Å². The number of carbonyl (C=O) groups excluding carboxylic acids is 3. The van der Waals surface area contributed by atoms with Crippen LogP contribution >= 0.6 is 23.5 Å². The maximum atomic E-state index is 12.7. The number of benzene rings is 2. The van der Waals surface area contributed by atoms with Crippen molar-refractivity contribution >= 4 is 46.7 Å². The maximum Gasteiger partial charge on any atom is 0.328 e. The standard InChI is InChI=1S/C20H17NO4S2/c1-13(19(23)25-2)21-18(22)17(27-20(21)24)12-14-8-6-7-11-16(14)26-15-9-4-3-5-10-15/h3-13H,1-2H3/b17-12+/t13-/m0/s1. The Balaban J connectivity index is 1.88. The van der Waals surface area contributed by atoms with Crippen molar-refractivity contribution in [3.63, 3.8) is 0 Å². The molecule has 0 unspecified atom stereocenters. The van der Waals surface area contributed by atoms with Gasteiger partial charge in [-0.05, 0) is 48.5 Å². The highest BCUT2D eigenvalue weighted by Gasteiger charge is 2.41. The van der Waals surface area contributed by atoms with Gasteiger partial charge in [-0.1, -0.05) is 48.2 Å². The fourth-order valence-electron chi connectivity index (χ4n) is 2.54. The van der Waals surface area contributed by atoms with E-state index in [-0.39, 0.29) is 4.91 Å². The second-order valence-corrected chi connectivity index (χ2v) is 7.81. The van der Waals surface area contributed by atoms with Crippen molar-refractivity contribution in [3.05, 3.63) is 65.1 Å². The van der Waals surface area contributed by atoms with Crippen LogP contribution in [0.4, 0.5) is 4.79 Å². The Morgan fingerprint density at radius 2 is 1.78 bits per heavy atom. The van der Waals surface area contributed by atoms with Crippen LogP contribution in [0.15, 0.2) is 69.3 Å². The number of nitrogens with zero attached hydrogens (tertiary/aromatic N) is 1. The summed E-state index contributed by atoms with van der Waals surface area (Å²) < 4.78 is 4.64. The molecule has 1 saturated heterocycles. The predicted molar refractivity (Wildman–Crippen MR) is 106 cm³/mol. The first kappa shape index (κ1) is 19.3. The lowest BCUT2D eigenvalue weighted by Gasteiger charge is -2.18. The molecule has 138 valence electrons. The van der Waals surface area contributed by atoms with Crippen LogP contribution in [0, 0.1) is 0 Å². The largest absolute Gasteiger partial charge is 0.467 e. The molecule has 2 amide bonds. The zero-order valence-electron chi connectivity index (χ0n) is 14.7. The Labute approximate surface area is 165 Å². The lowest BCUT2D eigenvalue weighted by Crippen LogP contribution is -2.42. The molecule has 0 aromatic heterocycles. The number of imide groups is 1. The molecule has 0 N–H and O–H groups in total. The molecule has 27 heavy (non-hydrogen) atoms. The molecular formula is C20H17NO4S2. The number of hydrogen-bond acceptors (Lipinski definition) is 6. The van der Waals surface area contributed by atoms with E-state index in [0.29, 0.717) is 0 Å². The molecule has 7 heteroatoms. The quantitative estimate of drug-likeness (QED) is 0.547. The van der Waals surface area contributed by atoms with Gasteiger partial charge in [-0.15, -0.1) is 0 Å². The summed E-state index contributed by atoms with van der Waals surface area (Å²) in [6, 6.07) is 16.6. The Kier molecular flexibility index (Phi) is 6.03. The van der Waals surface area contributed by atoms with Crippen LogP contribution in [0.3, 0.4) is 0 Å².